The maximum Gasteiger partial charge on any atom is 0.293 e. The van der Waals surface area contributed by atoms with Crippen LogP contribution in [0, 0.1) is 10.1 Å². The molecular weight excluding hydrogens is 298 g/mol. The molecule has 2 fully saturated rings. The van der Waals surface area contributed by atoms with E-state index in [9.17, 15) is 14.9 Å². The Morgan fingerprint density at radius 3 is 2.70 bits per heavy atom. The van der Waals surface area contributed by atoms with Gasteiger partial charge in [-0.05, 0) is 44.2 Å². The van der Waals surface area contributed by atoms with E-state index in [0.717, 1.165) is 32.1 Å². The van der Waals surface area contributed by atoms with Crippen molar-refractivity contribution in [1.29, 1.82) is 0 Å². The second-order valence-corrected chi connectivity index (χ2v) is 6.33. The Kier molecular flexibility index (Phi) is 4.21. The average Bonchev–Trinajstić information content (AvgIpc) is 3.30. The van der Waals surface area contributed by atoms with Crippen LogP contribution in [0.5, 0.6) is 0 Å². The van der Waals surface area contributed by atoms with Crippen molar-refractivity contribution in [2.24, 2.45) is 0 Å². The summed E-state index contributed by atoms with van der Waals surface area (Å²) in [5.41, 5.74) is 0.426. The number of amides is 1. The van der Waals surface area contributed by atoms with Crippen LogP contribution in [0.15, 0.2) is 18.2 Å². The van der Waals surface area contributed by atoms with Crippen LogP contribution in [0.2, 0.25) is 0 Å². The van der Waals surface area contributed by atoms with Crippen molar-refractivity contribution in [1.82, 2.24) is 5.32 Å². The van der Waals surface area contributed by atoms with Crippen molar-refractivity contribution in [3.8, 4) is 0 Å². The number of methoxy groups -OCH3 is 1. The van der Waals surface area contributed by atoms with Gasteiger partial charge in [0.15, 0.2) is 0 Å². The number of nitro groups is 1. The summed E-state index contributed by atoms with van der Waals surface area (Å²) in [4.78, 5) is 22.9. The quantitative estimate of drug-likeness (QED) is 0.595. The molecule has 2 N–H and O–H groups in total. The van der Waals surface area contributed by atoms with Gasteiger partial charge in [-0.3, -0.25) is 14.9 Å². The number of nitrogens with one attached hydrogen (secondary N) is 2. The van der Waals surface area contributed by atoms with Crippen molar-refractivity contribution in [2.45, 2.75) is 43.7 Å². The number of rotatable bonds is 7. The molecule has 0 heterocycles. The van der Waals surface area contributed by atoms with Crippen molar-refractivity contribution in [3.05, 3.63) is 33.9 Å². The standard InChI is InChI=1S/C16H21N3O4/c1-23-16(7-2-8-16)10-17-13-6-3-11(9-14(13)19(21)22)15(20)18-12-4-5-12/h3,6,9,12,17H,2,4-5,7-8,10H2,1H3,(H,18,20). The number of hydrogen-bond donors (Lipinski definition) is 2. The number of hydrogen-bond acceptors (Lipinski definition) is 5. The van der Waals surface area contributed by atoms with E-state index in [2.05, 4.69) is 10.6 Å². The van der Waals surface area contributed by atoms with E-state index in [1.165, 1.54) is 6.07 Å². The molecule has 0 aromatic heterocycles. The lowest BCUT2D eigenvalue weighted by Crippen LogP contribution is -2.45. The van der Waals surface area contributed by atoms with Crippen molar-refractivity contribution in [3.63, 3.8) is 0 Å². The molecule has 0 bridgehead atoms. The maximum absolute atomic E-state index is 12.0. The molecule has 0 aliphatic heterocycles. The Bertz CT molecular complexity index is 618. The minimum atomic E-state index is -0.462. The van der Waals surface area contributed by atoms with E-state index >= 15 is 0 Å². The van der Waals surface area contributed by atoms with Crippen molar-refractivity contribution in [2.75, 3.05) is 19.0 Å². The number of benzene rings is 1. The molecule has 0 radical (unpaired) electrons. The minimum absolute atomic E-state index is 0.0842. The van der Waals surface area contributed by atoms with E-state index in [4.69, 9.17) is 4.74 Å². The second-order valence-electron chi connectivity index (χ2n) is 6.33. The van der Waals surface area contributed by atoms with Gasteiger partial charge in [0.05, 0.1) is 10.5 Å². The summed E-state index contributed by atoms with van der Waals surface area (Å²) in [7, 11) is 1.67. The SMILES string of the molecule is COC1(CNc2ccc(C(=O)NC3CC3)cc2[N+](=O)[O-])CCC1. The molecule has 7 nitrogen and oxygen atoms in total. The van der Waals surface area contributed by atoms with Gasteiger partial charge in [-0.25, -0.2) is 0 Å². The largest absolute Gasteiger partial charge is 0.377 e. The lowest BCUT2D eigenvalue weighted by molar-refractivity contribution is -0.384. The van der Waals surface area contributed by atoms with Crippen LogP contribution in [0.1, 0.15) is 42.5 Å². The fourth-order valence-electron chi connectivity index (χ4n) is 2.75. The van der Waals surface area contributed by atoms with Crippen molar-refractivity contribution < 1.29 is 14.5 Å². The molecule has 2 saturated carbocycles. The lowest BCUT2D eigenvalue weighted by atomic mass is 9.80. The van der Waals surface area contributed by atoms with E-state index in [1.807, 2.05) is 0 Å². The number of nitro benzene ring substituents is 1. The van der Waals surface area contributed by atoms with Crippen LogP contribution in [-0.4, -0.2) is 36.1 Å². The lowest BCUT2D eigenvalue weighted by Gasteiger charge is -2.40. The van der Waals surface area contributed by atoms with Gasteiger partial charge in [0.25, 0.3) is 11.6 Å². The van der Waals surface area contributed by atoms with Gasteiger partial charge >= 0.3 is 0 Å². The van der Waals surface area contributed by atoms with E-state index < -0.39 is 4.92 Å². The maximum atomic E-state index is 12.0. The highest BCUT2D eigenvalue weighted by Crippen LogP contribution is 2.36. The summed E-state index contributed by atoms with van der Waals surface area (Å²) in [5, 5.41) is 17.3. The third kappa shape index (κ3) is 3.44. The number of carbonyl (C=O) groups excluding carboxylic acids is 1. The Morgan fingerprint density at radius 2 is 2.17 bits per heavy atom. The van der Waals surface area contributed by atoms with Crippen molar-refractivity contribution >= 4 is 17.3 Å². The van der Waals surface area contributed by atoms with E-state index in [-0.39, 0.29) is 23.2 Å². The highest BCUT2D eigenvalue weighted by Gasteiger charge is 2.37. The first-order valence-electron chi connectivity index (χ1n) is 7.91. The first-order valence-corrected chi connectivity index (χ1v) is 7.91. The molecule has 0 saturated heterocycles. The Hall–Kier alpha value is -2.15. The van der Waals surface area contributed by atoms with Gasteiger partial charge in [-0.15, -0.1) is 0 Å². The van der Waals surface area contributed by atoms with Gasteiger partial charge in [0, 0.05) is 31.3 Å². The normalized spacial score (nSPS) is 18.8. The topological polar surface area (TPSA) is 93.5 Å². The highest BCUT2D eigenvalue weighted by atomic mass is 16.6. The summed E-state index contributed by atoms with van der Waals surface area (Å²) in [6.07, 6.45) is 4.97. The summed E-state index contributed by atoms with van der Waals surface area (Å²) in [6.45, 7) is 0.526. The fourth-order valence-corrected chi connectivity index (χ4v) is 2.75. The predicted octanol–water partition coefficient (Wildman–Crippen LogP) is 2.47. The molecule has 124 valence electrons. The first-order chi connectivity index (χ1) is 11.0. The molecule has 7 heteroatoms. The van der Waals surface area contributed by atoms with Gasteiger partial charge < -0.3 is 15.4 Å². The van der Waals surface area contributed by atoms with Crippen LogP contribution in [0.4, 0.5) is 11.4 Å². The molecule has 0 unspecified atom stereocenters. The monoisotopic (exact) mass is 319 g/mol. The summed E-state index contributed by atoms with van der Waals surface area (Å²) in [5.74, 6) is -0.255. The Labute approximate surface area is 134 Å². The minimum Gasteiger partial charge on any atom is -0.377 e. The van der Waals surface area contributed by atoms with Crippen LogP contribution < -0.4 is 10.6 Å². The molecule has 2 aliphatic carbocycles. The zero-order chi connectivity index (χ0) is 16.4. The molecule has 2 aliphatic rings. The molecule has 0 atom stereocenters. The van der Waals surface area contributed by atoms with Gasteiger partial charge in [0.1, 0.15) is 5.69 Å². The summed E-state index contributed by atoms with van der Waals surface area (Å²) < 4.78 is 5.51. The van der Waals surface area contributed by atoms with Gasteiger partial charge in [-0.2, -0.15) is 0 Å². The molecular formula is C16H21N3O4. The molecule has 0 spiro atoms. The fraction of sp³-hybridized carbons (Fsp3) is 0.562. The smallest absolute Gasteiger partial charge is 0.293 e. The van der Waals surface area contributed by atoms with E-state index in [0.29, 0.717) is 17.8 Å². The summed E-state index contributed by atoms with van der Waals surface area (Å²) >= 11 is 0. The first kappa shape index (κ1) is 15.7. The number of ether oxygens (including phenoxy) is 1. The third-order valence-electron chi connectivity index (χ3n) is 4.67. The number of anilines is 1. The molecule has 3 rings (SSSR count). The summed E-state index contributed by atoms with van der Waals surface area (Å²) in [6, 6.07) is 4.77. The van der Waals surface area contributed by atoms with E-state index in [1.54, 1.807) is 19.2 Å². The molecule has 1 amide bonds. The van der Waals surface area contributed by atoms with Crippen LogP contribution in [0.3, 0.4) is 0 Å². The molecule has 23 heavy (non-hydrogen) atoms. The Balaban J connectivity index is 1.73. The van der Waals surface area contributed by atoms with Gasteiger partial charge in [0.2, 0.25) is 0 Å². The van der Waals surface area contributed by atoms with Crippen LogP contribution in [-0.2, 0) is 4.74 Å². The molecule has 1 aromatic carbocycles. The predicted molar refractivity (Wildman–Crippen MR) is 85.7 cm³/mol. The van der Waals surface area contributed by atoms with Gasteiger partial charge in [-0.1, -0.05) is 0 Å². The highest BCUT2D eigenvalue weighted by molar-refractivity contribution is 5.96. The second kappa shape index (κ2) is 6.16. The van der Waals surface area contributed by atoms with Crippen LogP contribution >= 0.6 is 0 Å². The number of carbonyl (C=O) groups is 1. The van der Waals surface area contributed by atoms with Crippen LogP contribution in [0.25, 0.3) is 0 Å². The third-order valence-corrected chi connectivity index (χ3v) is 4.67. The molecule has 1 aromatic rings. The zero-order valence-corrected chi connectivity index (χ0v) is 13.1. The zero-order valence-electron chi connectivity index (χ0n) is 13.1. The number of nitrogens with zero attached hydrogens (tertiary/aromatic N) is 1. The Morgan fingerprint density at radius 1 is 1.43 bits per heavy atom. The average molecular weight is 319 g/mol.